The Bertz CT molecular complexity index is 553. The van der Waals surface area contributed by atoms with Gasteiger partial charge in [-0.05, 0) is 56.3 Å². The normalized spacial score (nSPS) is 38.1. The van der Waals surface area contributed by atoms with E-state index < -0.39 is 0 Å². The number of aromatic nitrogens is 1. The molecular weight excluding hydrogens is 270 g/mol. The zero-order chi connectivity index (χ0) is 13.7. The minimum absolute atomic E-state index is 0.0869. The van der Waals surface area contributed by atoms with Gasteiger partial charge < -0.3 is 9.88 Å². The van der Waals surface area contributed by atoms with E-state index in [0.29, 0.717) is 11.3 Å². The summed E-state index contributed by atoms with van der Waals surface area (Å²) >= 11 is 1.37. The number of nitrogens with zero attached hydrogens (tertiary/aromatic N) is 1. The van der Waals surface area contributed by atoms with Crippen molar-refractivity contribution in [1.82, 2.24) is 9.88 Å². The second kappa shape index (κ2) is 4.45. The maximum atomic E-state index is 12.3. The molecule has 1 aromatic rings. The van der Waals surface area contributed by atoms with Gasteiger partial charge in [-0.2, -0.15) is 0 Å². The van der Waals surface area contributed by atoms with Crippen molar-refractivity contribution in [2.24, 2.45) is 17.8 Å². The van der Waals surface area contributed by atoms with E-state index in [1.165, 1.54) is 49.9 Å². The second-order valence-electron chi connectivity index (χ2n) is 7.08. The molecule has 0 saturated heterocycles. The smallest absolute Gasteiger partial charge is 0.240 e. The lowest BCUT2D eigenvalue weighted by atomic mass is 9.53. The molecule has 0 unspecified atom stereocenters. The van der Waals surface area contributed by atoms with Gasteiger partial charge in [-0.25, -0.2) is 0 Å². The maximum Gasteiger partial charge on any atom is 0.240 e. The third-order valence-electron chi connectivity index (χ3n) is 5.44. The van der Waals surface area contributed by atoms with Gasteiger partial charge in [0.25, 0.3) is 0 Å². The lowest BCUT2D eigenvalue weighted by Gasteiger charge is -2.56. The Kier molecular flexibility index (Phi) is 2.81. The van der Waals surface area contributed by atoms with Crippen LogP contribution in [0.3, 0.4) is 0 Å². The van der Waals surface area contributed by atoms with Crippen LogP contribution in [0.1, 0.15) is 38.5 Å². The van der Waals surface area contributed by atoms with Crippen molar-refractivity contribution < 1.29 is 4.79 Å². The Morgan fingerprint density at radius 1 is 1.30 bits per heavy atom. The quantitative estimate of drug-likeness (QED) is 0.880. The van der Waals surface area contributed by atoms with E-state index in [1.807, 2.05) is 11.6 Å². The molecule has 0 radical (unpaired) electrons. The molecule has 0 aliphatic heterocycles. The van der Waals surface area contributed by atoms with Crippen molar-refractivity contribution in [3.63, 3.8) is 0 Å². The van der Waals surface area contributed by atoms with Crippen LogP contribution >= 0.6 is 11.3 Å². The van der Waals surface area contributed by atoms with E-state index in [4.69, 9.17) is 5.41 Å². The number of hydrogen-bond acceptors (Lipinski definition) is 3. The van der Waals surface area contributed by atoms with Gasteiger partial charge in [-0.15, -0.1) is 11.3 Å². The van der Waals surface area contributed by atoms with E-state index in [-0.39, 0.29) is 11.4 Å². The maximum absolute atomic E-state index is 12.3. The Morgan fingerprint density at radius 2 is 1.90 bits per heavy atom. The van der Waals surface area contributed by atoms with Crippen molar-refractivity contribution in [3.05, 3.63) is 16.4 Å². The molecule has 4 aliphatic rings. The first-order valence-corrected chi connectivity index (χ1v) is 8.49. The van der Waals surface area contributed by atoms with Crippen LogP contribution in [0.4, 0.5) is 0 Å². The van der Waals surface area contributed by atoms with Gasteiger partial charge >= 0.3 is 0 Å². The van der Waals surface area contributed by atoms with Crippen molar-refractivity contribution in [2.75, 3.05) is 0 Å². The Morgan fingerprint density at radius 3 is 2.40 bits per heavy atom. The topological polar surface area (TPSA) is 57.9 Å². The summed E-state index contributed by atoms with van der Waals surface area (Å²) in [4.78, 5) is 12.8. The highest BCUT2D eigenvalue weighted by Gasteiger charge is 2.51. The van der Waals surface area contributed by atoms with Crippen molar-refractivity contribution >= 4 is 17.2 Å². The number of nitrogens with one attached hydrogen (secondary N) is 2. The molecule has 2 N–H and O–H groups in total. The lowest BCUT2D eigenvalue weighted by molar-refractivity contribution is -0.127. The van der Waals surface area contributed by atoms with E-state index in [9.17, 15) is 4.79 Å². The van der Waals surface area contributed by atoms with Crippen molar-refractivity contribution in [2.45, 2.75) is 50.6 Å². The first kappa shape index (κ1) is 12.6. The van der Waals surface area contributed by atoms with Crippen molar-refractivity contribution in [1.29, 1.82) is 5.41 Å². The molecule has 0 spiro atoms. The third-order valence-corrected chi connectivity index (χ3v) is 6.15. The molecule has 1 heterocycles. The van der Waals surface area contributed by atoms with Crippen LogP contribution in [-0.2, 0) is 11.3 Å². The summed E-state index contributed by atoms with van der Waals surface area (Å²) < 4.78 is 1.72. The number of carbonyl (C=O) groups excluding carboxylic acids is 1. The predicted molar refractivity (Wildman–Crippen MR) is 77.2 cm³/mol. The SMILES string of the molecule is N=c1sccn1CC(=O)NC12CC3CC(CC(C3)C1)C2. The summed E-state index contributed by atoms with van der Waals surface area (Å²) in [6.07, 6.45) is 9.57. The van der Waals surface area contributed by atoms with Crippen LogP contribution in [0.5, 0.6) is 0 Å². The first-order chi connectivity index (χ1) is 9.62. The predicted octanol–water partition coefficient (Wildman–Crippen LogP) is 2.11. The van der Waals surface area contributed by atoms with Crippen LogP contribution in [-0.4, -0.2) is 16.0 Å². The zero-order valence-electron chi connectivity index (χ0n) is 11.6. The summed E-state index contributed by atoms with van der Waals surface area (Å²) in [5, 5.41) is 13.0. The number of hydrogen-bond donors (Lipinski definition) is 2. The minimum Gasteiger partial charge on any atom is -0.349 e. The molecule has 20 heavy (non-hydrogen) atoms. The van der Waals surface area contributed by atoms with Gasteiger partial charge in [0.1, 0.15) is 6.54 Å². The monoisotopic (exact) mass is 291 g/mol. The molecule has 4 nitrogen and oxygen atoms in total. The second-order valence-corrected chi connectivity index (χ2v) is 7.98. The number of rotatable bonds is 3. The molecule has 108 valence electrons. The summed E-state index contributed by atoms with van der Waals surface area (Å²) in [6, 6.07) is 0. The van der Waals surface area contributed by atoms with Gasteiger partial charge in [-0.1, -0.05) is 0 Å². The molecule has 4 bridgehead atoms. The average Bonchev–Trinajstić information content (AvgIpc) is 2.72. The van der Waals surface area contributed by atoms with Crippen LogP contribution in [0.25, 0.3) is 0 Å². The van der Waals surface area contributed by atoms with Gasteiger partial charge in [0.15, 0.2) is 4.80 Å². The average molecular weight is 291 g/mol. The molecule has 5 heteroatoms. The van der Waals surface area contributed by atoms with E-state index in [1.54, 1.807) is 4.57 Å². The molecule has 4 saturated carbocycles. The highest BCUT2D eigenvalue weighted by molar-refractivity contribution is 7.06. The molecule has 0 atom stereocenters. The standard InChI is InChI=1S/C15H21N3OS/c16-14-18(1-2-20-14)9-13(19)17-15-6-10-3-11(7-15)5-12(4-10)8-15/h1-2,10-12,16H,3-9H2,(H,17,19). The third kappa shape index (κ3) is 2.12. The van der Waals surface area contributed by atoms with Gasteiger partial charge in [0.2, 0.25) is 5.91 Å². The summed E-state index contributed by atoms with van der Waals surface area (Å²) in [7, 11) is 0. The summed E-state index contributed by atoms with van der Waals surface area (Å²) in [5.74, 6) is 2.63. The van der Waals surface area contributed by atoms with Crippen LogP contribution < -0.4 is 10.1 Å². The zero-order valence-corrected chi connectivity index (χ0v) is 12.4. The molecular formula is C15H21N3OS. The molecule has 1 aromatic heterocycles. The van der Waals surface area contributed by atoms with Crippen LogP contribution in [0.15, 0.2) is 11.6 Å². The Labute approximate surface area is 122 Å². The fourth-order valence-electron chi connectivity index (χ4n) is 5.18. The molecule has 4 aliphatic carbocycles. The summed E-state index contributed by atoms with van der Waals surface area (Å²) in [5.41, 5.74) is 0.0879. The number of thiazole rings is 1. The molecule has 4 fully saturated rings. The minimum atomic E-state index is 0.0869. The molecule has 5 rings (SSSR count). The van der Waals surface area contributed by atoms with Crippen LogP contribution in [0, 0.1) is 23.2 Å². The summed E-state index contributed by atoms with van der Waals surface area (Å²) in [6.45, 7) is 0.296. The van der Waals surface area contributed by atoms with E-state index in [0.717, 1.165) is 17.8 Å². The van der Waals surface area contributed by atoms with Gasteiger partial charge in [0.05, 0.1) is 0 Å². The lowest BCUT2D eigenvalue weighted by Crippen LogP contribution is -2.60. The highest BCUT2D eigenvalue weighted by atomic mass is 32.1. The Balaban J connectivity index is 1.47. The first-order valence-electron chi connectivity index (χ1n) is 7.61. The fourth-order valence-corrected chi connectivity index (χ4v) is 5.78. The number of carbonyl (C=O) groups is 1. The fraction of sp³-hybridized carbons (Fsp3) is 0.733. The van der Waals surface area contributed by atoms with Crippen LogP contribution in [0.2, 0.25) is 0 Å². The van der Waals surface area contributed by atoms with Gasteiger partial charge in [0, 0.05) is 17.1 Å². The largest absolute Gasteiger partial charge is 0.349 e. The van der Waals surface area contributed by atoms with Crippen molar-refractivity contribution in [3.8, 4) is 0 Å². The molecule has 1 amide bonds. The number of amides is 1. The van der Waals surface area contributed by atoms with E-state index >= 15 is 0 Å². The Hall–Kier alpha value is -1.10. The molecule has 0 aromatic carbocycles. The van der Waals surface area contributed by atoms with Gasteiger partial charge in [-0.3, -0.25) is 10.2 Å². The highest BCUT2D eigenvalue weighted by Crippen LogP contribution is 2.55. The van der Waals surface area contributed by atoms with E-state index in [2.05, 4.69) is 5.32 Å².